The number of thiophene rings is 1. The number of phenols is 1. The zero-order valence-electron chi connectivity index (χ0n) is 14.9. The molecule has 0 fully saturated rings. The molecule has 2 aromatic rings. The molecule has 130 valence electrons. The van der Waals surface area contributed by atoms with E-state index in [2.05, 4.69) is 60.2 Å². The minimum atomic E-state index is 0.262. The molecular formula is C19H27N3OS. The summed E-state index contributed by atoms with van der Waals surface area (Å²) < 4.78 is 0. The van der Waals surface area contributed by atoms with Gasteiger partial charge in [-0.3, -0.25) is 4.99 Å². The highest BCUT2D eigenvalue weighted by atomic mass is 32.1. The molecule has 0 aliphatic carbocycles. The average Bonchev–Trinajstić information content (AvgIpc) is 3.08. The van der Waals surface area contributed by atoms with Gasteiger partial charge in [0.15, 0.2) is 0 Å². The standard InChI is InChI=1S/C19H27N3OS/c1-5-22(6-2)16-10-9-15(18(23)12-16)13-20-14-17(21(3)4)19-8-7-11-24-19/h7-13,17,23H,5-6,14H2,1-4H3/t17-/m0/s1. The maximum absolute atomic E-state index is 10.3. The molecule has 4 nitrogen and oxygen atoms in total. The van der Waals surface area contributed by atoms with Crippen LogP contribution in [0, 0.1) is 0 Å². The largest absolute Gasteiger partial charge is 0.507 e. The third kappa shape index (κ3) is 4.58. The van der Waals surface area contributed by atoms with Crippen molar-refractivity contribution in [3.63, 3.8) is 0 Å². The lowest BCUT2D eigenvalue weighted by Gasteiger charge is -2.22. The van der Waals surface area contributed by atoms with Crippen molar-refractivity contribution in [2.45, 2.75) is 19.9 Å². The molecular weight excluding hydrogens is 318 g/mol. The Balaban J connectivity index is 2.08. The Morgan fingerprint density at radius 1 is 1.21 bits per heavy atom. The molecule has 1 heterocycles. The Morgan fingerprint density at radius 2 is 1.96 bits per heavy atom. The zero-order valence-corrected chi connectivity index (χ0v) is 15.8. The quantitative estimate of drug-likeness (QED) is 0.735. The van der Waals surface area contributed by atoms with Crippen molar-refractivity contribution < 1.29 is 5.11 Å². The van der Waals surface area contributed by atoms with Gasteiger partial charge < -0.3 is 14.9 Å². The smallest absolute Gasteiger partial charge is 0.126 e. The predicted molar refractivity (Wildman–Crippen MR) is 105 cm³/mol. The van der Waals surface area contributed by atoms with E-state index in [0.717, 1.165) is 24.3 Å². The second-order valence-electron chi connectivity index (χ2n) is 5.90. The number of aromatic hydroxyl groups is 1. The number of nitrogens with zero attached hydrogens (tertiary/aromatic N) is 3. The molecule has 0 amide bonds. The first-order valence-electron chi connectivity index (χ1n) is 8.34. The minimum absolute atomic E-state index is 0.262. The summed E-state index contributed by atoms with van der Waals surface area (Å²) >= 11 is 1.75. The van der Waals surface area contributed by atoms with Crippen LogP contribution in [0.5, 0.6) is 5.75 Å². The molecule has 0 aliphatic rings. The number of rotatable bonds is 8. The van der Waals surface area contributed by atoms with Crippen molar-refractivity contribution in [3.05, 3.63) is 46.2 Å². The number of aliphatic imine (C=N–C) groups is 1. The first kappa shape index (κ1) is 18.5. The van der Waals surface area contributed by atoms with Crippen LogP contribution in [0.15, 0.2) is 40.7 Å². The van der Waals surface area contributed by atoms with E-state index >= 15 is 0 Å². The number of benzene rings is 1. The first-order chi connectivity index (χ1) is 11.6. The maximum Gasteiger partial charge on any atom is 0.126 e. The number of hydrogen-bond donors (Lipinski definition) is 1. The SMILES string of the molecule is CCN(CC)c1ccc(C=NC[C@@H](c2cccs2)N(C)C)c(O)c1. The fourth-order valence-corrected chi connectivity index (χ4v) is 3.58. The molecule has 0 spiro atoms. The fraction of sp³-hybridized carbons (Fsp3) is 0.421. The Hall–Kier alpha value is -1.85. The third-order valence-corrected chi connectivity index (χ3v) is 5.12. The molecule has 0 unspecified atom stereocenters. The predicted octanol–water partition coefficient (Wildman–Crippen LogP) is 4.02. The van der Waals surface area contributed by atoms with Crippen LogP contribution in [0.2, 0.25) is 0 Å². The topological polar surface area (TPSA) is 39.1 Å². The maximum atomic E-state index is 10.3. The van der Waals surface area contributed by atoms with Crippen LogP contribution >= 0.6 is 11.3 Å². The Morgan fingerprint density at radius 3 is 2.50 bits per heavy atom. The van der Waals surface area contributed by atoms with Crippen molar-refractivity contribution in [1.82, 2.24) is 4.90 Å². The lowest BCUT2D eigenvalue weighted by molar-refractivity contribution is 0.311. The highest BCUT2D eigenvalue weighted by molar-refractivity contribution is 7.10. The van der Waals surface area contributed by atoms with E-state index in [1.165, 1.54) is 4.88 Å². The molecule has 1 aromatic carbocycles. The van der Waals surface area contributed by atoms with E-state index in [4.69, 9.17) is 0 Å². The van der Waals surface area contributed by atoms with E-state index in [1.807, 2.05) is 18.2 Å². The van der Waals surface area contributed by atoms with Gasteiger partial charge in [-0.15, -0.1) is 11.3 Å². The molecule has 0 radical (unpaired) electrons. The van der Waals surface area contributed by atoms with Gasteiger partial charge >= 0.3 is 0 Å². The monoisotopic (exact) mass is 345 g/mol. The van der Waals surface area contributed by atoms with E-state index in [-0.39, 0.29) is 11.8 Å². The average molecular weight is 346 g/mol. The van der Waals surface area contributed by atoms with Gasteiger partial charge in [-0.1, -0.05) is 6.07 Å². The Kier molecular flexibility index (Phi) is 6.82. The summed E-state index contributed by atoms with van der Waals surface area (Å²) in [5, 5.41) is 12.4. The first-order valence-corrected chi connectivity index (χ1v) is 9.22. The van der Waals surface area contributed by atoms with Crippen molar-refractivity contribution in [1.29, 1.82) is 0 Å². The highest BCUT2D eigenvalue weighted by Gasteiger charge is 2.14. The van der Waals surface area contributed by atoms with Gasteiger partial charge in [-0.05, 0) is 51.5 Å². The van der Waals surface area contributed by atoms with Crippen LogP contribution in [0.1, 0.15) is 30.3 Å². The second kappa shape index (κ2) is 8.85. The summed E-state index contributed by atoms with van der Waals surface area (Å²) in [6.45, 7) is 6.75. The van der Waals surface area contributed by atoms with Gasteiger partial charge in [-0.2, -0.15) is 0 Å². The summed E-state index contributed by atoms with van der Waals surface area (Å²) in [4.78, 5) is 10.2. The van der Waals surface area contributed by atoms with Crippen LogP contribution in [0.3, 0.4) is 0 Å². The van der Waals surface area contributed by atoms with Gasteiger partial charge in [-0.25, -0.2) is 0 Å². The van der Waals surface area contributed by atoms with Gasteiger partial charge in [0.2, 0.25) is 0 Å². The van der Waals surface area contributed by atoms with Crippen LogP contribution in [0.25, 0.3) is 0 Å². The molecule has 1 atom stereocenters. The molecule has 1 N–H and O–H groups in total. The highest BCUT2D eigenvalue weighted by Crippen LogP contribution is 2.25. The van der Waals surface area contributed by atoms with Gasteiger partial charge in [0, 0.05) is 41.5 Å². The number of phenolic OH excluding ortho intramolecular Hbond substituents is 1. The van der Waals surface area contributed by atoms with Gasteiger partial charge in [0.05, 0.1) is 12.6 Å². The minimum Gasteiger partial charge on any atom is -0.507 e. The van der Waals surface area contributed by atoms with Crippen molar-refractivity contribution >= 4 is 23.2 Å². The van der Waals surface area contributed by atoms with Crippen molar-refractivity contribution in [3.8, 4) is 5.75 Å². The molecule has 1 aromatic heterocycles. The summed E-state index contributed by atoms with van der Waals surface area (Å²) in [5.74, 6) is 0.278. The molecule has 2 rings (SSSR count). The van der Waals surface area contributed by atoms with Gasteiger partial charge in [0.25, 0.3) is 0 Å². The fourth-order valence-electron chi connectivity index (χ4n) is 2.67. The van der Waals surface area contributed by atoms with Crippen LogP contribution in [0.4, 0.5) is 5.69 Å². The van der Waals surface area contributed by atoms with Gasteiger partial charge in [0.1, 0.15) is 5.75 Å². The van der Waals surface area contributed by atoms with Crippen LogP contribution in [-0.2, 0) is 0 Å². The van der Waals surface area contributed by atoms with Crippen molar-refractivity contribution in [2.24, 2.45) is 4.99 Å². The molecule has 0 saturated heterocycles. The number of anilines is 1. The Labute approximate surface area is 149 Å². The number of likely N-dealkylation sites (N-methyl/N-ethyl adjacent to an activating group) is 1. The zero-order chi connectivity index (χ0) is 17.5. The Bertz CT molecular complexity index is 649. The molecule has 24 heavy (non-hydrogen) atoms. The summed E-state index contributed by atoms with van der Waals surface area (Å²) in [7, 11) is 4.13. The van der Waals surface area contributed by atoms with E-state index < -0.39 is 0 Å². The van der Waals surface area contributed by atoms with E-state index in [1.54, 1.807) is 17.6 Å². The number of hydrogen-bond acceptors (Lipinski definition) is 5. The van der Waals surface area contributed by atoms with Crippen molar-refractivity contribution in [2.75, 3.05) is 38.6 Å². The summed E-state index contributed by atoms with van der Waals surface area (Å²) in [5.41, 5.74) is 1.80. The molecule has 0 saturated carbocycles. The van der Waals surface area contributed by atoms with E-state index in [9.17, 15) is 5.11 Å². The third-order valence-electron chi connectivity index (χ3n) is 4.15. The van der Waals surface area contributed by atoms with E-state index in [0.29, 0.717) is 6.54 Å². The lowest BCUT2D eigenvalue weighted by Crippen LogP contribution is -2.22. The normalized spacial score (nSPS) is 12.9. The summed E-state index contributed by atoms with van der Waals surface area (Å²) in [6.07, 6.45) is 1.77. The molecule has 5 heteroatoms. The molecule has 0 bridgehead atoms. The van der Waals surface area contributed by atoms with Crippen LogP contribution < -0.4 is 4.90 Å². The lowest BCUT2D eigenvalue weighted by atomic mass is 10.1. The van der Waals surface area contributed by atoms with Crippen LogP contribution in [-0.4, -0.2) is 50.0 Å². The molecule has 0 aliphatic heterocycles. The second-order valence-corrected chi connectivity index (χ2v) is 6.88. The summed E-state index contributed by atoms with van der Waals surface area (Å²) in [6, 6.07) is 10.3.